The SMILES string of the molecule is NCc1cc(-c2ccc(OCc3ccccc3)nc2OCc2ccccc2)ccc1Cl. The first-order valence-corrected chi connectivity index (χ1v) is 10.4. The Morgan fingerprint density at radius 1 is 0.742 bits per heavy atom. The minimum Gasteiger partial charge on any atom is -0.473 e. The quantitative estimate of drug-likeness (QED) is 0.371. The standard InChI is InChI=1S/C26H23ClN2O2/c27-24-13-11-21(15-22(24)16-28)23-12-14-25(30-17-19-7-3-1-4-8-19)29-26(23)31-18-20-9-5-2-6-10-20/h1-15H,16-18,28H2. The zero-order chi connectivity index (χ0) is 21.5. The van der Waals surface area contributed by atoms with Crippen LogP contribution in [0, 0.1) is 0 Å². The molecule has 5 heteroatoms. The number of ether oxygens (including phenoxy) is 2. The molecule has 1 aromatic heterocycles. The van der Waals surface area contributed by atoms with Gasteiger partial charge in [0.25, 0.3) is 0 Å². The Balaban J connectivity index is 1.62. The average Bonchev–Trinajstić information content (AvgIpc) is 2.83. The van der Waals surface area contributed by atoms with Crippen molar-refractivity contribution in [2.45, 2.75) is 19.8 Å². The zero-order valence-electron chi connectivity index (χ0n) is 17.0. The summed E-state index contributed by atoms with van der Waals surface area (Å²) in [6, 6.07) is 29.5. The van der Waals surface area contributed by atoms with Gasteiger partial charge in [0.15, 0.2) is 0 Å². The highest BCUT2D eigenvalue weighted by molar-refractivity contribution is 6.31. The number of nitrogens with zero attached hydrogens (tertiary/aromatic N) is 1. The maximum absolute atomic E-state index is 6.24. The predicted octanol–water partition coefficient (Wildman–Crippen LogP) is 6.02. The van der Waals surface area contributed by atoms with Gasteiger partial charge in [-0.25, -0.2) is 0 Å². The van der Waals surface area contributed by atoms with E-state index in [1.165, 1.54) is 0 Å². The third-order valence-corrected chi connectivity index (χ3v) is 5.23. The Bertz CT molecular complexity index is 1130. The molecule has 0 bridgehead atoms. The van der Waals surface area contributed by atoms with Crippen LogP contribution in [0.25, 0.3) is 11.1 Å². The lowest BCUT2D eigenvalue weighted by molar-refractivity contribution is 0.268. The molecular formula is C26H23ClN2O2. The second kappa shape index (κ2) is 10.1. The first-order valence-electron chi connectivity index (χ1n) is 10.1. The lowest BCUT2D eigenvalue weighted by Crippen LogP contribution is -2.03. The zero-order valence-corrected chi connectivity index (χ0v) is 17.8. The van der Waals surface area contributed by atoms with E-state index in [9.17, 15) is 0 Å². The number of hydrogen-bond acceptors (Lipinski definition) is 4. The van der Waals surface area contributed by atoms with Crippen LogP contribution in [0.2, 0.25) is 5.02 Å². The highest BCUT2D eigenvalue weighted by atomic mass is 35.5. The summed E-state index contributed by atoms with van der Waals surface area (Å²) in [5.41, 5.74) is 10.6. The number of benzene rings is 3. The lowest BCUT2D eigenvalue weighted by atomic mass is 10.0. The molecule has 0 radical (unpaired) electrons. The van der Waals surface area contributed by atoms with Crippen LogP contribution in [0.5, 0.6) is 11.8 Å². The molecule has 2 N–H and O–H groups in total. The molecule has 4 rings (SSSR count). The van der Waals surface area contributed by atoms with E-state index in [-0.39, 0.29) is 0 Å². The maximum Gasteiger partial charge on any atom is 0.225 e. The molecule has 0 aliphatic rings. The third-order valence-electron chi connectivity index (χ3n) is 4.86. The van der Waals surface area contributed by atoms with Crippen LogP contribution in [0.3, 0.4) is 0 Å². The van der Waals surface area contributed by atoms with Crippen LogP contribution >= 0.6 is 11.6 Å². The molecule has 0 spiro atoms. The van der Waals surface area contributed by atoms with Gasteiger partial charge in [-0.05, 0) is 40.5 Å². The largest absolute Gasteiger partial charge is 0.473 e. The highest BCUT2D eigenvalue weighted by Gasteiger charge is 2.13. The van der Waals surface area contributed by atoms with E-state index >= 15 is 0 Å². The van der Waals surface area contributed by atoms with E-state index in [1.54, 1.807) is 0 Å². The van der Waals surface area contributed by atoms with Gasteiger partial charge >= 0.3 is 0 Å². The summed E-state index contributed by atoms with van der Waals surface area (Å²) in [4.78, 5) is 4.65. The van der Waals surface area contributed by atoms with Gasteiger partial charge in [-0.3, -0.25) is 0 Å². The van der Waals surface area contributed by atoms with E-state index in [2.05, 4.69) is 4.98 Å². The third kappa shape index (κ3) is 5.43. The molecule has 1 heterocycles. The number of rotatable bonds is 8. The van der Waals surface area contributed by atoms with Crippen molar-refractivity contribution in [3.05, 3.63) is 113 Å². The minimum absolute atomic E-state index is 0.360. The van der Waals surface area contributed by atoms with Gasteiger partial charge in [0.05, 0.1) is 0 Å². The summed E-state index contributed by atoms with van der Waals surface area (Å²) in [5.74, 6) is 1.00. The average molecular weight is 431 g/mol. The molecule has 156 valence electrons. The predicted molar refractivity (Wildman–Crippen MR) is 124 cm³/mol. The summed E-state index contributed by atoms with van der Waals surface area (Å²) in [7, 11) is 0. The molecule has 0 unspecified atom stereocenters. The van der Waals surface area contributed by atoms with Gasteiger partial charge in [-0.2, -0.15) is 4.98 Å². The van der Waals surface area contributed by atoms with Crippen molar-refractivity contribution in [2.24, 2.45) is 5.73 Å². The number of aromatic nitrogens is 1. The number of halogens is 1. The van der Waals surface area contributed by atoms with Crippen molar-refractivity contribution in [3.8, 4) is 22.9 Å². The Labute approximate surface area is 187 Å². The Morgan fingerprint density at radius 3 is 2.03 bits per heavy atom. The van der Waals surface area contributed by atoms with E-state index < -0.39 is 0 Å². The monoisotopic (exact) mass is 430 g/mol. The van der Waals surface area contributed by atoms with Crippen LogP contribution in [0.15, 0.2) is 91.0 Å². The van der Waals surface area contributed by atoms with Crippen LogP contribution in [-0.2, 0) is 19.8 Å². The summed E-state index contributed by atoms with van der Waals surface area (Å²) < 4.78 is 12.0. The molecule has 0 amide bonds. The fourth-order valence-corrected chi connectivity index (χ4v) is 3.38. The first-order chi connectivity index (χ1) is 15.2. The van der Waals surface area contributed by atoms with Crippen molar-refractivity contribution < 1.29 is 9.47 Å². The van der Waals surface area contributed by atoms with Crippen LogP contribution in [0.1, 0.15) is 16.7 Å². The molecule has 0 aliphatic heterocycles. The molecule has 0 saturated carbocycles. The summed E-state index contributed by atoms with van der Waals surface area (Å²) in [6.07, 6.45) is 0. The number of hydrogen-bond donors (Lipinski definition) is 1. The summed E-state index contributed by atoms with van der Waals surface area (Å²) >= 11 is 6.24. The fourth-order valence-electron chi connectivity index (χ4n) is 3.19. The normalized spacial score (nSPS) is 10.6. The van der Waals surface area contributed by atoms with Crippen molar-refractivity contribution in [1.29, 1.82) is 0 Å². The molecule has 0 aliphatic carbocycles. The van der Waals surface area contributed by atoms with Crippen molar-refractivity contribution in [3.63, 3.8) is 0 Å². The molecule has 3 aromatic carbocycles. The smallest absolute Gasteiger partial charge is 0.225 e. The van der Waals surface area contributed by atoms with Crippen LogP contribution in [-0.4, -0.2) is 4.98 Å². The Kier molecular flexibility index (Phi) is 6.82. The van der Waals surface area contributed by atoms with E-state index in [1.807, 2.05) is 91.0 Å². The topological polar surface area (TPSA) is 57.4 Å². The van der Waals surface area contributed by atoms with Crippen molar-refractivity contribution in [2.75, 3.05) is 0 Å². The molecule has 4 aromatic rings. The fraction of sp³-hybridized carbons (Fsp3) is 0.115. The first kappa shape index (κ1) is 20.9. The van der Waals surface area contributed by atoms with Gasteiger partial charge in [0.2, 0.25) is 11.8 Å². The van der Waals surface area contributed by atoms with Crippen LogP contribution in [0.4, 0.5) is 0 Å². The Morgan fingerprint density at radius 2 is 1.39 bits per heavy atom. The maximum atomic E-state index is 6.24. The second-order valence-corrected chi connectivity index (χ2v) is 7.47. The molecular weight excluding hydrogens is 408 g/mol. The number of pyridine rings is 1. The van der Waals surface area contributed by atoms with Crippen molar-refractivity contribution >= 4 is 11.6 Å². The van der Waals surface area contributed by atoms with Gasteiger partial charge < -0.3 is 15.2 Å². The molecule has 0 saturated heterocycles. The summed E-state index contributed by atoms with van der Waals surface area (Å²) in [5, 5.41) is 0.647. The van der Waals surface area contributed by atoms with Gasteiger partial charge in [-0.1, -0.05) is 78.3 Å². The van der Waals surface area contributed by atoms with Gasteiger partial charge in [0.1, 0.15) is 13.2 Å². The van der Waals surface area contributed by atoms with Crippen molar-refractivity contribution in [1.82, 2.24) is 4.98 Å². The molecule has 4 nitrogen and oxygen atoms in total. The van der Waals surface area contributed by atoms with Gasteiger partial charge in [-0.15, -0.1) is 0 Å². The molecule has 0 atom stereocenters. The number of nitrogens with two attached hydrogens (primary N) is 1. The van der Waals surface area contributed by atoms with E-state index in [4.69, 9.17) is 26.8 Å². The molecule has 31 heavy (non-hydrogen) atoms. The van der Waals surface area contributed by atoms with Gasteiger partial charge in [0, 0.05) is 23.2 Å². The van der Waals surface area contributed by atoms with Crippen LogP contribution < -0.4 is 15.2 Å². The second-order valence-electron chi connectivity index (χ2n) is 7.06. The highest BCUT2D eigenvalue weighted by Crippen LogP contribution is 2.33. The van der Waals surface area contributed by atoms with E-state index in [0.717, 1.165) is 27.8 Å². The lowest BCUT2D eigenvalue weighted by Gasteiger charge is -2.14. The minimum atomic E-state index is 0.360. The van der Waals surface area contributed by atoms with E-state index in [0.29, 0.717) is 36.5 Å². The summed E-state index contributed by atoms with van der Waals surface area (Å²) in [6.45, 7) is 1.20. The Hall–Kier alpha value is -3.34. The molecule has 0 fully saturated rings.